The van der Waals surface area contributed by atoms with E-state index in [9.17, 15) is 4.79 Å². The highest BCUT2D eigenvalue weighted by atomic mass is 16.5. The molecule has 0 saturated carbocycles. The fourth-order valence-corrected chi connectivity index (χ4v) is 2.81. The number of ether oxygens (including phenoxy) is 1. The second-order valence-corrected chi connectivity index (χ2v) is 4.52. The van der Waals surface area contributed by atoms with Gasteiger partial charge in [-0.15, -0.1) is 0 Å². The van der Waals surface area contributed by atoms with Gasteiger partial charge in [0, 0.05) is 5.92 Å². The van der Waals surface area contributed by atoms with Crippen LogP contribution in [0.2, 0.25) is 0 Å². The molecule has 2 heteroatoms. The Bertz CT molecular complexity index is 459. The quantitative estimate of drug-likeness (QED) is 0.717. The minimum Gasteiger partial charge on any atom is -0.376 e. The van der Waals surface area contributed by atoms with E-state index in [0.717, 1.165) is 11.1 Å². The molecule has 0 bridgehead atoms. The number of ketones is 1. The first-order chi connectivity index (χ1) is 7.79. The molecule has 1 heterocycles. The first kappa shape index (κ1) is 9.79. The van der Waals surface area contributed by atoms with Gasteiger partial charge in [0.2, 0.25) is 0 Å². The summed E-state index contributed by atoms with van der Waals surface area (Å²) in [7, 11) is 0. The maximum absolute atomic E-state index is 12.2. The lowest BCUT2D eigenvalue weighted by atomic mass is 9.86. The smallest absolute Gasteiger partial charge is 0.166 e. The molecule has 3 rings (SSSR count). The summed E-state index contributed by atoms with van der Waals surface area (Å²) >= 11 is 0. The molecule has 2 aliphatic rings. The van der Waals surface area contributed by atoms with Crippen LogP contribution in [0, 0.1) is 5.92 Å². The summed E-state index contributed by atoms with van der Waals surface area (Å²) in [6.45, 7) is 3.27. The predicted molar refractivity (Wildman–Crippen MR) is 61.2 cm³/mol. The van der Waals surface area contributed by atoms with Crippen molar-refractivity contribution in [3.8, 4) is 0 Å². The summed E-state index contributed by atoms with van der Waals surface area (Å²) in [5, 5.41) is 0. The van der Waals surface area contributed by atoms with Crippen LogP contribution >= 0.6 is 0 Å². The third kappa shape index (κ3) is 1.26. The molecule has 0 amide bonds. The Hall–Kier alpha value is -1.41. The van der Waals surface area contributed by atoms with Crippen LogP contribution < -0.4 is 0 Å². The molecule has 1 fully saturated rings. The van der Waals surface area contributed by atoms with Gasteiger partial charge in [-0.25, -0.2) is 0 Å². The first-order valence-corrected chi connectivity index (χ1v) is 5.65. The Balaban J connectivity index is 2.03. The fourth-order valence-electron chi connectivity index (χ4n) is 2.81. The van der Waals surface area contributed by atoms with Crippen LogP contribution in [0.5, 0.6) is 0 Å². The van der Waals surface area contributed by atoms with Crippen LogP contribution in [-0.4, -0.2) is 19.0 Å². The summed E-state index contributed by atoms with van der Waals surface area (Å²) in [5.74, 6) is 0.572. The molecule has 0 spiro atoms. The second kappa shape index (κ2) is 3.56. The maximum atomic E-state index is 12.2. The highest BCUT2D eigenvalue weighted by molar-refractivity contribution is 6.04. The topological polar surface area (TPSA) is 26.3 Å². The average molecular weight is 214 g/mol. The summed E-state index contributed by atoms with van der Waals surface area (Å²) < 4.78 is 5.47. The molecule has 1 saturated heterocycles. The standard InChI is InChI=1S/C14H14O2/c1-9-11-7-16-8-12(11)13(14(9)15)10-5-3-2-4-6-10/h2-6,12-13H,7-8H2,1H3. The van der Waals surface area contributed by atoms with Gasteiger partial charge in [-0.3, -0.25) is 4.79 Å². The normalized spacial score (nSPS) is 28.7. The van der Waals surface area contributed by atoms with Crippen LogP contribution in [0.4, 0.5) is 0 Å². The van der Waals surface area contributed by atoms with Gasteiger partial charge in [-0.2, -0.15) is 0 Å². The Morgan fingerprint density at radius 1 is 1.25 bits per heavy atom. The summed E-state index contributed by atoms with van der Waals surface area (Å²) in [6, 6.07) is 10.0. The van der Waals surface area contributed by atoms with Crippen molar-refractivity contribution in [2.75, 3.05) is 13.2 Å². The van der Waals surface area contributed by atoms with Crippen molar-refractivity contribution in [3.05, 3.63) is 47.0 Å². The van der Waals surface area contributed by atoms with E-state index in [1.807, 2.05) is 37.3 Å². The highest BCUT2D eigenvalue weighted by Gasteiger charge is 2.43. The van der Waals surface area contributed by atoms with Crippen molar-refractivity contribution in [3.63, 3.8) is 0 Å². The summed E-state index contributed by atoms with van der Waals surface area (Å²) in [4.78, 5) is 12.2. The molecule has 2 nitrogen and oxygen atoms in total. The van der Waals surface area contributed by atoms with Crippen LogP contribution in [0.15, 0.2) is 41.5 Å². The van der Waals surface area contributed by atoms with Gasteiger partial charge in [0.1, 0.15) is 0 Å². The lowest BCUT2D eigenvalue weighted by Gasteiger charge is -2.15. The van der Waals surface area contributed by atoms with E-state index >= 15 is 0 Å². The van der Waals surface area contributed by atoms with Crippen LogP contribution in [0.25, 0.3) is 0 Å². The number of Topliss-reactive ketones (excluding diaryl/α,β-unsaturated/α-hetero) is 1. The van der Waals surface area contributed by atoms with Crippen molar-refractivity contribution in [1.29, 1.82) is 0 Å². The fraction of sp³-hybridized carbons (Fsp3) is 0.357. The number of allylic oxidation sites excluding steroid dienone is 1. The lowest BCUT2D eigenvalue weighted by molar-refractivity contribution is -0.117. The molecule has 1 aliphatic heterocycles. The van der Waals surface area contributed by atoms with E-state index in [2.05, 4.69) is 0 Å². The number of carbonyl (C=O) groups excluding carboxylic acids is 1. The maximum Gasteiger partial charge on any atom is 0.166 e. The van der Waals surface area contributed by atoms with E-state index in [0.29, 0.717) is 13.2 Å². The third-order valence-electron chi connectivity index (χ3n) is 3.70. The number of hydrogen-bond acceptors (Lipinski definition) is 2. The molecule has 16 heavy (non-hydrogen) atoms. The van der Waals surface area contributed by atoms with Gasteiger partial charge in [0.25, 0.3) is 0 Å². The van der Waals surface area contributed by atoms with Gasteiger partial charge in [-0.05, 0) is 23.6 Å². The number of rotatable bonds is 1. The zero-order valence-corrected chi connectivity index (χ0v) is 9.27. The van der Waals surface area contributed by atoms with Crippen LogP contribution in [0.3, 0.4) is 0 Å². The molecule has 1 aromatic rings. The third-order valence-corrected chi connectivity index (χ3v) is 3.70. The molecule has 0 radical (unpaired) electrons. The van der Waals surface area contributed by atoms with Crippen molar-refractivity contribution in [1.82, 2.24) is 0 Å². The Kier molecular flexibility index (Phi) is 2.18. The van der Waals surface area contributed by atoms with Crippen molar-refractivity contribution < 1.29 is 9.53 Å². The van der Waals surface area contributed by atoms with Gasteiger partial charge < -0.3 is 4.74 Å². The minimum atomic E-state index is -0.00120. The minimum absolute atomic E-state index is 0.00120. The molecule has 1 aromatic carbocycles. The first-order valence-electron chi connectivity index (χ1n) is 5.65. The van der Waals surface area contributed by atoms with Crippen molar-refractivity contribution >= 4 is 5.78 Å². The molecule has 1 aliphatic carbocycles. The monoisotopic (exact) mass is 214 g/mol. The molecule has 82 valence electrons. The van der Waals surface area contributed by atoms with Crippen LogP contribution in [0.1, 0.15) is 18.4 Å². The van der Waals surface area contributed by atoms with Crippen molar-refractivity contribution in [2.45, 2.75) is 12.8 Å². The van der Waals surface area contributed by atoms with E-state index in [1.165, 1.54) is 5.57 Å². The number of carbonyl (C=O) groups is 1. The van der Waals surface area contributed by atoms with Gasteiger partial charge in [0.15, 0.2) is 5.78 Å². The van der Waals surface area contributed by atoms with Gasteiger partial charge in [-0.1, -0.05) is 30.3 Å². The average Bonchev–Trinajstić information content (AvgIpc) is 2.86. The van der Waals surface area contributed by atoms with Crippen molar-refractivity contribution in [2.24, 2.45) is 5.92 Å². The zero-order valence-electron chi connectivity index (χ0n) is 9.27. The zero-order chi connectivity index (χ0) is 11.1. The molecular weight excluding hydrogens is 200 g/mol. The van der Waals surface area contributed by atoms with Gasteiger partial charge >= 0.3 is 0 Å². The molecular formula is C14H14O2. The van der Waals surface area contributed by atoms with Crippen LogP contribution in [-0.2, 0) is 9.53 Å². The van der Waals surface area contributed by atoms with Gasteiger partial charge in [0.05, 0.1) is 19.1 Å². The molecule has 2 unspecified atom stereocenters. The highest BCUT2D eigenvalue weighted by Crippen LogP contribution is 2.43. The Labute approximate surface area is 94.9 Å². The number of benzene rings is 1. The Morgan fingerprint density at radius 3 is 2.75 bits per heavy atom. The van der Waals surface area contributed by atoms with E-state index in [-0.39, 0.29) is 17.6 Å². The molecule has 0 N–H and O–H groups in total. The second-order valence-electron chi connectivity index (χ2n) is 4.52. The largest absolute Gasteiger partial charge is 0.376 e. The van der Waals surface area contributed by atoms with E-state index in [1.54, 1.807) is 0 Å². The Morgan fingerprint density at radius 2 is 2.00 bits per heavy atom. The summed E-state index contributed by atoms with van der Waals surface area (Å²) in [5.41, 5.74) is 3.27. The molecule has 2 atom stereocenters. The van der Waals surface area contributed by atoms with E-state index in [4.69, 9.17) is 4.74 Å². The summed E-state index contributed by atoms with van der Waals surface area (Å²) in [6.07, 6.45) is 0. The van der Waals surface area contributed by atoms with E-state index < -0.39 is 0 Å². The lowest BCUT2D eigenvalue weighted by Crippen LogP contribution is -2.16. The predicted octanol–water partition coefficient (Wildman–Crippen LogP) is 2.32. The number of hydrogen-bond donors (Lipinski definition) is 0. The molecule has 0 aromatic heterocycles. The number of fused-ring (bicyclic) bond motifs is 1. The SMILES string of the molecule is CC1=C2COCC2C(c2ccccc2)C1=O.